The number of nitrogens with one attached hydrogen (secondary N) is 2. The smallest absolute Gasteiger partial charge is 0.314 e. The van der Waals surface area contributed by atoms with Gasteiger partial charge in [-0.15, -0.1) is 0 Å². The summed E-state index contributed by atoms with van der Waals surface area (Å²) in [4.78, 5) is 15.8. The number of aromatic nitrogens is 1. The summed E-state index contributed by atoms with van der Waals surface area (Å²) in [5.41, 5.74) is 3.14. The first-order valence-corrected chi connectivity index (χ1v) is 6.37. The molecule has 2 N–H and O–H groups in total. The molecule has 1 heterocycles. The van der Waals surface area contributed by atoms with E-state index in [9.17, 15) is 4.79 Å². The fourth-order valence-corrected chi connectivity index (χ4v) is 1.75. The van der Waals surface area contributed by atoms with Gasteiger partial charge in [-0.3, -0.25) is 5.32 Å². The minimum Gasteiger partial charge on any atom is -0.314 e. The van der Waals surface area contributed by atoms with Gasteiger partial charge in [0.25, 0.3) is 0 Å². The van der Waals surface area contributed by atoms with Crippen molar-refractivity contribution in [2.45, 2.75) is 13.8 Å². The van der Waals surface area contributed by atoms with Crippen LogP contribution in [0.25, 0.3) is 6.08 Å². The SMILES string of the molecule is Cc1cccc(/C=C/NC(=O)Nc2ncccc2C)c1. The number of aryl methyl sites for hydroxylation is 2. The molecule has 2 aromatic rings. The number of benzene rings is 1. The quantitative estimate of drug-likeness (QED) is 0.894. The number of hydrogen-bond donors (Lipinski definition) is 2. The normalized spacial score (nSPS) is 10.5. The van der Waals surface area contributed by atoms with Crippen LogP contribution in [-0.2, 0) is 0 Å². The molecule has 0 fully saturated rings. The molecule has 1 aromatic carbocycles. The van der Waals surface area contributed by atoms with Crippen LogP contribution in [0, 0.1) is 13.8 Å². The van der Waals surface area contributed by atoms with Crippen molar-refractivity contribution in [2.75, 3.05) is 5.32 Å². The molecular weight excluding hydrogens is 250 g/mol. The Morgan fingerprint density at radius 2 is 2.05 bits per heavy atom. The lowest BCUT2D eigenvalue weighted by molar-refractivity contribution is 0.255. The zero-order valence-corrected chi connectivity index (χ0v) is 11.6. The molecule has 0 atom stereocenters. The number of carbonyl (C=O) groups is 1. The fraction of sp³-hybridized carbons (Fsp3) is 0.125. The van der Waals surface area contributed by atoms with Crippen molar-refractivity contribution < 1.29 is 4.79 Å². The van der Waals surface area contributed by atoms with Gasteiger partial charge in [0, 0.05) is 12.4 Å². The number of amides is 2. The van der Waals surface area contributed by atoms with Gasteiger partial charge >= 0.3 is 6.03 Å². The van der Waals surface area contributed by atoms with E-state index in [0.29, 0.717) is 5.82 Å². The summed E-state index contributed by atoms with van der Waals surface area (Å²) >= 11 is 0. The average Bonchev–Trinajstić information content (AvgIpc) is 2.41. The van der Waals surface area contributed by atoms with Crippen molar-refractivity contribution in [3.05, 3.63) is 65.5 Å². The Hall–Kier alpha value is -2.62. The van der Waals surface area contributed by atoms with Crippen molar-refractivity contribution in [3.63, 3.8) is 0 Å². The molecule has 0 aliphatic heterocycles. The standard InChI is InChI=1S/C16H17N3O/c1-12-5-3-7-14(11-12)8-10-18-16(20)19-15-13(2)6-4-9-17-15/h3-11H,1-2H3,(H2,17,18,19,20)/b10-8+. The molecule has 0 aliphatic rings. The highest BCUT2D eigenvalue weighted by Gasteiger charge is 2.02. The van der Waals surface area contributed by atoms with Gasteiger partial charge in [-0.2, -0.15) is 0 Å². The lowest BCUT2D eigenvalue weighted by atomic mass is 10.1. The lowest BCUT2D eigenvalue weighted by Crippen LogP contribution is -2.24. The minimum atomic E-state index is -0.310. The average molecular weight is 267 g/mol. The van der Waals surface area contributed by atoms with Gasteiger partial charge in [0.2, 0.25) is 0 Å². The summed E-state index contributed by atoms with van der Waals surface area (Å²) in [5, 5.41) is 5.35. The number of hydrogen-bond acceptors (Lipinski definition) is 2. The second-order valence-corrected chi connectivity index (χ2v) is 4.51. The molecule has 102 valence electrons. The van der Waals surface area contributed by atoms with E-state index in [1.165, 1.54) is 5.56 Å². The summed E-state index contributed by atoms with van der Waals surface area (Å²) in [5.74, 6) is 0.564. The van der Waals surface area contributed by atoms with Gasteiger partial charge in [-0.05, 0) is 37.1 Å². The summed E-state index contributed by atoms with van der Waals surface area (Å²) < 4.78 is 0. The molecule has 1 aromatic heterocycles. The van der Waals surface area contributed by atoms with Gasteiger partial charge in [0.1, 0.15) is 5.82 Å². The number of urea groups is 1. The van der Waals surface area contributed by atoms with Crippen LogP contribution in [0.1, 0.15) is 16.7 Å². The summed E-state index contributed by atoms with van der Waals surface area (Å²) in [6.45, 7) is 3.92. The van der Waals surface area contributed by atoms with Crippen LogP contribution in [0.3, 0.4) is 0 Å². The Kier molecular flexibility index (Phi) is 4.50. The van der Waals surface area contributed by atoms with E-state index in [4.69, 9.17) is 0 Å². The van der Waals surface area contributed by atoms with Crippen LogP contribution >= 0.6 is 0 Å². The first-order chi connectivity index (χ1) is 9.65. The predicted octanol–water partition coefficient (Wildman–Crippen LogP) is 3.49. The number of nitrogens with zero attached hydrogens (tertiary/aromatic N) is 1. The first kappa shape index (κ1) is 13.8. The van der Waals surface area contributed by atoms with Crippen LogP contribution in [0.15, 0.2) is 48.8 Å². The molecule has 0 aliphatic carbocycles. The molecule has 2 rings (SSSR count). The first-order valence-electron chi connectivity index (χ1n) is 6.37. The highest BCUT2D eigenvalue weighted by atomic mass is 16.2. The number of pyridine rings is 1. The zero-order valence-electron chi connectivity index (χ0n) is 11.6. The minimum absolute atomic E-state index is 0.310. The molecular formula is C16H17N3O. The Bertz CT molecular complexity index is 635. The predicted molar refractivity (Wildman–Crippen MR) is 81.3 cm³/mol. The van der Waals surface area contributed by atoms with E-state index in [0.717, 1.165) is 11.1 Å². The van der Waals surface area contributed by atoms with E-state index >= 15 is 0 Å². The molecule has 20 heavy (non-hydrogen) atoms. The van der Waals surface area contributed by atoms with Crippen molar-refractivity contribution in [3.8, 4) is 0 Å². The topological polar surface area (TPSA) is 54.0 Å². The van der Waals surface area contributed by atoms with Crippen LogP contribution < -0.4 is 10.6 Å². The maximum Gasteiger partial charge on any atom is 0.324 e. The molecule has 0 saturated heterocycles. The third kappa shape index (κ3) is 3.95. The molecule has 0 radical (unpaired) electrons. The van der Waals surface area contributed by atoms with Gasteiger partial charge in [-0.25, -0.2) is 9.78 Å². The van der Waals surface area contributed by atoms with Crippen LogP contribution in [0.5, 0.6) is 0 Å². The molecule has 4 nitrogen and oxygen atoms in total. The largest absolute Gasteiger partial charge is 0.324 e. The van der Waals surface area contributed by atoms with Crippen molar-refractivity contribution in [1.82, 2.24) is 10.3 Å². The molecule has 0 saturated carbocycles. The molecule has 0 bridgehead atoms. The highest BCUT2D eigenvalue weighted by molar-refractivity contribution is 5.89. The van der Waals surface area contributed by atoms with Crippen molar-refractivity contribution in [1.29, 1.82) is 0 Å². The molecule has 0 spiro atoms. The van der Waals surface area contributed by atoms with Crippen LogP contribution in [-0.4, -0.2) is 11.0 Å². The zero-order chi connectivity index (χ0) is 14.4. The van der Waals surface area contributed by atoms with Crippen molar-refractivity contribution in [2.24, 2.45) is 0 Å². The van der Waals surface area contributed by atoms with E-state index in [2.05, 4.69) is 15.6 Å². The second-order valence-electron chi connectivity index (χ2n) is 4.51. The van der Waals surface area contributed by atoms with Gasteiger partial charge in [-0.1, -0.05) is 35.9 Å². The Balaban J connectivity index is 1.91. The lowest BCUT2D eigenvalue weighted by Gasteiger charge is -2.05. The van der Waals surface area contributed by atoms with E-state index in [1.54, 1.807) is 12.4 Å². The summed E-state index contributed by atoms with van der Waals surface area (Å²) in [6.07, 6.45) is 5.10. The Morgan fingerprint density at radius 3 is 2.80 bits per heavy atom. The Labute approximate surface area is 118 Å². The third-order valence-corrected chi connectivity index (χ3v) is 2.77. The maximum absolute atomic E-state index is 11.7. The van der Waals surface area contributed by atoms with Gasteiger partial charge in [0.05, 0.1) is 0 Å². The van der Waals surface area contributed by atoms with E-state index in [-0.39, 0.29) is 6.03 Å². The number of carbonyl (C=O) groups excluding carboxylic acids is 1. The number of rotatable bonds is 3. The van der Waals surface area contributed by atoms with Crippen molar-refractivity contribution >= 4 is 17.9 Å². The fourth-order valence-electron chi connectivity index (χ4n) is 1.75. The van der Waals surface area contributed by atoms with E-state index in [1.807, 2.05) is 56.3 Å². The monoisotopic (exact) mass is 267 g/mol. The maximum atomic E-state index is 11.7. The summed E-state index contributed by atoms with van der Waals surface area (Å²) in [7, 11) is 0. The van der Waals surface area contributed by atoms with Crippen LogP contribution in [0.4, 0.5) is 10.6 Å². The third-order valence-electron chi connectivity index (χ3n) is 2.77. The van der Waals surface area contributed by atoms with E-state index < -0.39 is 0 Å². The second kappa shape index (κ2) is 6.52. The number of anilines is 1. The van der Waals surface area contributed by atoms with Gasteiger partial charge < -0.3 is 5.32 Å². The van der Waals surface area contributed by atoms with Gasteiger partial charge in [0.15, 0.2) is 0 Å². The summed E-state index contributed by atoms with van der Waals surface area (Å²) in [6, 6.07) is 11.4. The molecule has 2 amide bonds. The van der Waals surface area contributed by atoms with Crippen LogP contribution in [0.2, 0.25) is 0 Å². The Morgan fingerprint density at radius 1 is 1.20 bits per heavy atom. The molecule has 0 unspecified atom stereocenters. The molecule has 4 heteroatoms. The highest BCUT2D eigenvalue weighted by Crippen LogP contribution is 2.08.